The Morgan fingerprint density at radius 1 is 1.45 bits per heavy atom. The quantitative estimate of drug-likeness (QED) is 0.665. The molecule has 0 radical (unpaired) electrons. The number of carbonyl (C=O) groups excluding carboxylic acids is 1. The number of hydrazine groups is 1. The number of nitrogens with two attached hydrogens (primary N) is 1. The van der Waals surface area contributed by atoms with Gasteiger partial charge in [0.2, 0.25) is 0 Å². The van der Waals surface area contributed by atoms with Crippen LogP contribution in [0.1, 0.15) is 38.8 Å². The van der Waals surface area contributed by atoms with Crippen molar-refractivity contribution in [1.82, 2.24) is 10.3 Å². The number of hydrogen-bond acceptors (Lipinski definition) is 4. The fraction of sp³-hybridized carbons (Fsp3) is 0.562. The molecule has 1 aliphatic heterocycles. The zero-order valence-corrected chi connectivity index (χ0v) is 13.3. The van der Waals surface area contributed by atoms with E-state index < -0.39 is 5.60 Å². The molecule has 0 saturated carbocycles. The molecule has 1 heterocycles. The highest BCUT2D eigenvalue weighted by Crippen LogP contribution is 2.31. The Morgan fingerprint density at radius 3 is 2.73 bits per heavy atom. The minimum absolute atomic E-state index is 0.0504. The lowest BCUT2D eigenvalue weighted by molar-refractivity contribution is 0.0285. The van der Waals surface area contributed by atoms with Gasteiger partial charge in [-0.1, -0.05) is 18.2 Å². The summed E-state index contributed by atoms with van der Waals surface area (Å²) in [5, 5.41) is 0. The fourth-order valence-electron chi connectivity index (χ4n) is 2.76. The van der Waals surface area contributed by atoms with E-state index in [1.54, 1.807) is 23.1 Å². The van der Waals surface area contributed by atoms with Gasteiger partial charge >= 0.3 is 6.09 Å². The van der Waals surface area contributed by atoms with Crippen LogP contribution in [0.25, 0.3) is 0 Å². The third-order valence-corrected chi connectivity index (χ3v) is 3.77. The summed E-state index contributed by atoms with van der Waals surface area (Å²) in [6.07, 6.45) is 0.418. The van der Waals surface area contributed by atoms with Gasteiger partial charge in [0.05, 0.1) is 6.04 Å². The van der Waals surface area contributed by atoms with Crippen LogP contribution in [-0.2, 0) is 4.74 Å². The summed E-state index contributed by atoms with van der Waals surface area (Å²) >= 11 is 0. The summed E-state index contributed by atoms with van der Waals surface area (Å²) in [5.41, 5.74) is 2.70. The number of benzene rings is 1. The molecule has 2 unspecified atom stereocenters. The lowest BCUT2D eigenvalue weighted by Crippen LogP contribution is -2.38. The maximum Gasteiger partial charge on any atom is 0.410 e. The van der Waals surface area contributed by atoms with Gasteiger partial charge in [0, 0.05) is 18.7 Å². The van der Waals surface area contributed by atoms with Crippen LogP contribution in [0, 0.1) is 11.7 Å². The molecule has 0 bridgehead atoms. The standard InChI is InChI=1S/C16H24FN3O2/c1-16(2,3)22-15(21)20-9-8-11(10-20)14(19-18)12-6-4-5-7-13(12)17/h4-7,11,14,19H,8-10,18H2,1-3H3. The Hall–Kier alpha value is -1.66. The van der Waals surface area contributed by atoms with Gasteiger partial charge in [-0.3, -0.25) is 11.3 Å². The third kappa shape index (κ3) is 3.96. The Bertz CT molecular complexity index is 530. The zero-order valence-electron chi connectivity index (χ0n) is 13.3. The highest BCUT2D eigenvalue weighted by molar-refractivity contribution is 5.68. The van der Waals surface area contributed by atoms with Crippen molar-refractivity contribution in [1.29, 1.82) is 0 Å². The third-order valence-electron chi connectivity index (χ3n) is 3.77. The number of hydrogen-bond donors (Lipinski definition) is 2. The SMILES string of the molecule is CC(C)(C)OC(=O)N1CCC(C(NN)c2ccccc2F)C1. The van der Waals surface area contributed by atoms with E-state index in [0.29, 0.717) is 18.7 Å². The Balaban J connectivity index is 2.05. The van der Waals surface area contributed by atoms with E-state index in [4.69, 9.17) is 10.6 Å². The predicted octanol–water partition coefficient (Wildman–Crippen LogP) is 2.59. The molecule has 0 aliphatic carbocycles. The number of carbonyl (C=O) groups is 1. The van der Waals surface area contributed by atoms with Crippen molar-refractivity contribution >= 4 is 6.09 Å². The van der Waals surface area contributed by atoms with Crippen molar-refractivity contribution < 1.29 is 13.9 Å². The van der Waals surface area contributed by atoms with Crippen LogP contribution >= 0.6 is 0 Å². The topological polar surface area (TPSA) is 67.6 Å². The molecule has 2 atom stereocenters. The number of halogens is 1. The average molecular weight is 309 g/mol. The van der Waals surface area contributed by atoms with E-state index >= 15 is 0 Å². The molecule has 3 N–H and O–H groups in total. The van der Waals surface area contributed by atoms with Crippen LogP contribution in [0.4, 0.5) is 9.18 Å². The molecule has 0 aromatic heterocycles. The van der Waals surface area contributed by atoms with Crippen molar-refractivity contribution in [3.63, 3.8) is 0 Å². The first-order valence-corrected chi connectivity index (χ1v) is 7.50. The average Bonchev–Trinajstić information content (AvgIpc) is 2.89. The summed E-state index contributed by atoms with van der Waals surface area (Å²) < 4.78 is 19.3. The molecule has 0 spiro atoms. The van der Waals surface area contributed by atoms with Gasteiger partial charge in [0.1, 0.15) is 11.4 Å². The predicted molar refractivity (Wildman–Crippen MR) is 82.4 cm³/mol. The molecule has 1 amide bonds. The number of rotatable bonds is 3. The maximum atomic E-state index is 14.0. The first-order chi connectivity index (χ1) is 10.3. The summed E-state index contributed by atoms with van der Waals surface area (Å²) in [6, 6.07) is 6.24. The first kappa shape index (κ1) is 16.7. The lowest BCUT2D eigenvalue weighted by Gasteiger charge is -2.26. The number of amides is 1. The van der Waals surface area contributed by atoms with Crippen molar-refractivity contribution in [2.45, 2.75) is 38.8 Å². The zero-order chi connectivity index (χ0) is 16.3. The maximum absolute atomic E-state index is 14.0. The molecule has 1 aromatic rings. The molecular weight excluding hydrogens is 285 g/mol. The fourth-order valence-corrected chi connectivity index (χ4v) is 2.76. The highest BCUT2D eigenvalue weighted by Gasteiger charge is 2.35. The van der Waals surface area contributed by atoms with Gasteiger partial charge in [0.15, 0.2) is 0 Å². The number of likely N-dealkylation sites (tertiary alicyclic amines) is 1. The van der Waals surface area contributed by atoms with E-state index in [2.05, 4.69) is 5.43 Å². The van der Waals surface area contributed by atoms with Crippen LogP contribution in [0.3, 0.4) is 0 Å². The smallest absolute Gasteiger partial charge is 0.410 e. The van der Waals surface area contributed by atoms with E-state index in [9.17, 15) is 9.18 Å². The molecule has 1 saturated heterocycles. The summed E-state index contributed by atoms with van der Waals surface area (Å²) in [6.45, 7) is 6.59. The van der Waals surface area contributed by atoms with Crippen LogP contribution < -0.4 is 11.3 Å². The summed E-state index contributed by atoms with van der Waals surface area (Å²) in [7, 11) is 0. The molecule has 1 fully saturated rings. The Kier molecular flexibility index (Phi) is 5.03. The van der Waals surface area contributed by atoms with Crippen LogP contribution in [-0.4, -0.2) is 29.7 Å². The van der Waals surface area contributed by atoms with E-state index in [1.807, 2.05) is 20.8 Å². The van der Waals surface area contributed by atoms with Gasteiger partial charge in [-0.25, -0.2) is 9.18 Å². The second-order valence-electron chi connectivity index (χ2n) is 6.64. The first-order valence-electron chi connectivity index (χ1n) is 7.50. The van der Waals surface area contributed by atoms with Crippen LogP contribution in [0.5, 0.6) is 0 Å². The van der Waals surface area contributed by atoms with Crippen LogP contribution in [0.2, 0.25) is 0 Å². The second kappa shape index (κ2) is 6.62. The minimum Gasteiger partial charge on any atom is -0.444 e. The van der Waals surface area contributed by atoms with Gasteiger partial charge in [-0.2, -0.15) is 0 Å². The molecular formula is C16H24FN3O2. The van der Waals surface area contributed by atoms with E-state index in [-0.39, 0.29) is 23.9 Å². The molecule has 2 rings (SSSR count). The van der Waals surface area contributed by atoms with Crippen LogP contribution in [0.15, 0.2) is 24.3 Å². The largest absolute Gasteiger partial charge is 0.444 e. The van der Waals surface area contributed by atoms with E-state index in [1.165, 1.54) is 6.07 Å². The number of nitrogens with zero attached hydrogens (tertiary/aromatic N) is 1. The Labute approximate surface area is 130 Å². The molecule has 122 valence electrons. The van der Waals surface area contributed by atoms with Gasteiger partial charge < -0.3 is 9.64 Å². The molecule has 1 aliphatic rings. The molecule has 5 nitrogen and oxygen atoms in total. The van der Waals surface area contributed by atoms with E-state index in [0.717, 1.165) is 6.42 Å². The van der Waals surface area contributed by atoms with Crippen molar-refractivity contribution in [2.24, 2.45) is 11.8 Å². The van der Waals surface area contributed by atoms with Crippen molar-refractivity contribution in [3.8, 4) is 0 Å². The number of nitrogens with one attached hydrogen (secondary N) is 1. The monoisotopic (exact) mass is 309 g/mol. The lowest BCUT2D eigenvalue weighted by atomic mass is 9.92. The highest BCUT2D eigenvalue weighted by atomic mass is 19.1. The molecule has 6 heteroatoms. The summed E-state index contributed by atoms with van der Waals surface area (Å²) in [4.78, 5) is 13.8. The van der Waals surface area contributed by atoms with Crippen molar-refractivity contribution in [3.05, 3.63) is 35.6 Å². The molecule has 22 heavy (non-hydrogen) atoms. The number of ether oxygens (including phenoxy) is 1. The van der Waals surface area contributed by atoms with Gasteiger partial charge in [-0.05, 0) is 39.2 Å². The normalized spacial score (nSPS) is 20.0. The van der Waals surface area contributed by atoms with Gasteiger partial charge in [0.25, 0.3) is 0 Å². The minimum atomic E-state index is -0.522. The Morgan fingerprint density at radius 2 is 2.14 bits per heavy atom. The molecule has 1 aromatic carbocycles. The second-order valence-corrected chi connectivity index (χ2v) is 6.64. The summed E-state index contributed by atoms with van der Waals surface area (Å²) in [5.74, 6) is 5.39. The van der Waals surface area contributed by atoms with Gasteiger partial charge in [-0.15, -0.1) is 0 Å². The van der Waals surface area contributed by atoms with Crippen molar-refractivity contribution in [2.75, 3.05) is 13.1 Å².